The van der Waals surface area contributed by atoms with E-state index in [1.807, 2.05) is 0 Å². The minimum Gasteiger partial charge on any atom is -0.422 e. The third-order valence-electron chi connectivity index (χ3n) is 2.19. The van der Waals surface area contributed by atoms with Crippen molar-refractivity contribution in [2.75, 3.05) is 0 Å². The van der Waals surface area contributed by atoms with Crippen LogP contribution in [0.1, 0.15) is 5.56 Å². The van der Waals surface area contributed by atoms with Gasteiger partial charge >= 0.3 is 5.63 Å². The average molecular weight is 229 g/mol. The monoisotopic (exact) mass is 229 g/mol. The second-order valence-electron chi connectivity index (χ2n) is 3.12. The number of halogens is 3. The summed E-state index contributed by atoms with van der Waals surface area (Å²) in [6, 6.07) is 1.74. The van der Waals surface area contributed by atoms with Gasteiger partial charge in [0.15, 0.2) is 11.6 Å². The highest BCUT2D eigenvalue weighted by Crippen LogP contribution is 2.23. The standard InChI is InChI=1S/C10H6F3NO2/c11-5-1-2-6-7(9(5)13)8(12)4(3-14)10(15)16-6/h1-2H,3,14H2. The molecule has 0 radical (unpaired) electrons. The number of hydrogen-bond donors (Lipinski definition) is 1. The third-order valence-corrected chi connectivity index (χ3v) is 2.19. The summed E-state index contributed by atoms with van der Waals surface area (Å²) < 4.78 is 44.4. The van der Waals surface area contributed by atoms with Crippen molar-refractivity contribution in [3.05, 3.63) is 45.6 Å². The van der Waals surface area contributed by atoms with E-state index in [2.05, 4.69) is 4.42 Å². The van der Waals surface area contributed by atoms with Gasteiger partial charge in [0.2, 0.25) is 0 Å². The molecule has 0 aliphatic rings. The zero-order chi connectivity index (χ0) is 11.9. The molecule has 0 saturated carbocycles. The number of nitrogens with two attached hydrogens (primary N) is 1. The van der Waals surface area contributed by atoms with Gasteiger partial charge in [-0.25, -0.2) is 18.0 Å². The molecule has 2 aromatic rings. The van der Waals surface area contributed by atoms with E-state index in [0.29, 0.717) is 0 Å². The van der Waals surface area contributed by atoms with Crippen LogP contribution in [0.4, 0.5) is 13.2 Å². The Morgan fingerprint density at radius 3 is 2.50 bits per heavy atom. The van der Waals surface area contributed by atoms with Crippen LogP contribution in [0.2, 0.25) is 0 Å². The van der Waals surface area contributed by atoms with E-state index in [1.54, 1.807) is 0 Å². The van der Waals surface area contributed by atoms with Crippen molar-refractivity contribution in [2.24, 2.45) is 5.73 Å². The Balaban J connectivity index is 3.01. The van der Waals surface area contributed by atoms with Crippen LogP contribution in [0, 0.1) is 17.5 Å². The number of fused-ring (bicyclic) bond motifs is 1. The fourth-order valence-electron chi connectivity index (χ4n) is 1.40. The summed E-state index contributed by atoms with van der Waals surface area (Å²) in [4.78, 5) is 11.2. The van der Waals surface area contributed by atoms with Crippen molar-refractivity contribution in [2.45, 2.75) is 6.54 Å². The summed E-state index contributed by atoms with van der Waals surface area (Å²) in [5.74, 6) is -3.79. The van der Waals surface area contributed by atoms with Crippen molar-refractivity contribution >= 4 is 11.0 Å². The highest BCUT2D eigenvalue weighted by molar-refractivity contribution is 5.78. The Labute approximate surface area is 87.3 Å². The first-order chi connectivity index (χ1) is 7.56. The molecule has 2 N–H and O–H groups in total. The van der Waals surface area contributed by atoms with Crippen LogP contribution in [0.25, 0.3) is 11.0 Å². The van der Waals surface area contributed by atoms with Crippen molar-refractivity contribution < 1.29 is 17.6 Å². The molecule has 0 aliphatic carbocycles. The fraction of sp³-hybridized carbons (Fsp3) is 0.100. The van der Waals surface area contributed by atoms with Crippen LogP contribution in [-0.4, -0.2) is 0 Å². The first kappa shape index (κ1) is 10.7. The number of benzene rings is 1. The van der Waals surface area contributed by atoms with E-state index in [9.17, 15) is 18.0 Å². The predicted octanol–water partition coefficient (Wildman–Crippen LogP) is 1.67. The van der Waals surface area contributed by atoms with Crippen molar-refractivity contribution in [1.29, 1.82) is 0 Å². The van der Waals surface area contributed by atoms with Crippen LogP contribution in [0.3, 0.4) is 0 Å². The highest BCUT2D eigenvalue weighted by atomic mass is 19.2. The van der Waals surface area contributed by atoms with Crippen LogP contribution in [-0.2, 0) is 6.54 Å². The summed E-state index contributed by atoms with van der Waals surface area (Å²) in [5, 5.41) is -0.694. The molecule has 16 heavy (non-hydrogen) atoms. The fourth-order valence-corrected chi connectivity index (χ4v) is 1.40. The topological polar surface area (TPSA) is 56.2 Å². The summed E-state index contributed by atoms with van der Waals surface area (Å²) in [5.41, 5.74) is 3.28. The van der Waals surface area contributed by atoms with E-state index >= 15 is 0 Å². The molecule has 0 aliphatic heterocycles. The maximum absolute atomic E-state index is 13.6. The number of rotatable bonds is 1. The Bertz CT molecular complexity index is 621. The SMILES string of the molecule is NCc1c(F)c2c(F)c(F)ccc2oc1=O. The molecule has 0 bridgehead atoms. The molecule has 84 valence electrons. The highest BCUT2D eigenvalue weighted by Gasteiger charge is 2.18. The molecule has 1 aromatic heterocycles. The van der Waals surface area contributed by atoms with Crippen molar-refractivity contribution in [3.63, 3.8) is 0 Å². The van der Waals surface area contributed by atoms with Gasteiger partial charge in [-0.1, -0.05) is 0 Å². The Morgan fingerprint density at radius 2 is 1.88 bits per heavy atom. The lowest BCUT2D eigenvalue weighted by Gasteiger charge is -2.03. The molecule has 0 amide bonds. The van der Waals surface area contributed by atoms with Gasteiger partial charge in [0.1, 0.15) is 11.4 Å². The van der Waals surface area contributed by atoms with Crippen LogP contribution in [0.5, 0.6) is 0 Å². The summed E-state index contributed by atoms with van der Waals surface area (Å²) in [6.07, 6.45) is 0. The third kappa shape index (κ3) is 1.38. The minimum atomic E-state index is -1.39. The minimum absolute atomic E-state index is 0.349. The van der Waals surface area contributed by atoms with Gasteiger partial charge in [-0.2, -0.15) is 0 Å². The van der Waals surface area contributed by atoms with Gasteiger partial charge in [0.05, 0.1) is 10.9 Å². The van der Waals surface area contributed by atoms with Gasteiger partial charge in [0, 0.05) is 6.54 Å². The van der Waals surface area contributed by atoms with Gasteiger partial charge in [0.25, 0.3) is 0 Å². The second kappa shape index (κ2) is 3.64. The molecule has 1 heterocycles. The Hall–Kier alpha value is -1.82. The lowest BCUT2D eigenvalue weighted by molar-refractivity contribution is 0.489. The van der Waals surface area contributed by atoms with E-state index in [0.717, 1.165) is 12.1 Å². The van der Waals surface area contributed by atoms with Gasteiger partial charge in [-0.3, -0.25) is 0 Å². The quantitative estimate of drug-likeness (QED) is 0.756. The summed E-state index contributed by atoms with van der Waals surface area (Å²) >= 11 is 0. The molecule has 0 fully saturated rings. The summed E-state index contributed by atoms with van der Waals surface area (Å²) in [7, 11) is 0. The van der Waals surface area contributed by atoms with Gasteiger partial charge in [-0.15, -0.1) is 0 Å². The van der Waals surface area contributed by atoms with Crippen LogP contribution in [0.15, 0.2) is 21.3 Å². The zero-order valence-corrected chi connectivity index (χ0v) is 7.89. The zero-order valence-electron chi connectivity index (χ0n) is 7.89. The van der Waals surface area contributed by atoms with Crippen LogP contribution < -0.4 is 11.4 Å². The van der Waals surface area contributed by atoms with Gasteiger partial charge < -0.3 is 10.2 Å². The largest absolute Gasteiger partial charge is 0.422 e. The number of hydrogen-bond acceptors (Lipinski definition) is 3. The van der Waals surface area contributed by atoms with Crippen molar-refractivity contribution in [3.8, 4) is 0 Å². The van der Waals surface area contributed by atoms with E-state index < -0.39 is 40.6 Å². The molecular formula is C10H6F3NO2. The molecule has 3 nitrogen and oxygen atoms in total. The maximum Gasteiger partial charge on any atom is 0.343 e. The Kier molecular flexibility index (Phi) is 2.43. The summed E-state index contributed by atoms with van der Waals surface area (Å²) in [6.45, 7) is -0.444. The van der Waals surface area contributed by atoms with E-state index in [-0.39, 0.29) is 5.58 Å². The molecule has 2 rings (SSSR count). The van der Waals surface area contributed by atoms with Crippen molar-refractivity contribution in [1.82, 2.24) is 0 Å². The molecule has 0 atom stereocenters. The first-order valence-electron chi connectivity index (χ1n) is 4.35. The smallest absolute Gasteiger partial charge is 0.343 e. The lowest BCUT2D eigenvalue weighted by atomic mass is 10.1. The molecule has 1 aromatic carbocycles. The predicted molar refractivity (Wildman–Crippen MR) is 50.2 cm³/mol. The van der Waals surface area contributed by atoms with Gasteiger partial charge in [-0.05, 0) is 12.1 Å². The first-order valence-corrected chi connectivity index (χ1v) is 4.35. The molecule has 0 spiro atoms. The Morgan fingerprint density at radius 1 is 1.19 bits per heavy atom. The second-order valence-corrected chi connectivity index (χ2v) is 3.12. The van der Waals surface area contributed by atoms with E-state index in [1.165, 1.54) is 0 Å². The van der Waals surface area contributed by atoms with E-state index in [4.69, 9.17) is 5.73 Å². The average Bonchev–Trinajstić information content (AvgIpc) is 2.24. The van der Waals surface area contributed by atoms with Crippen LogP contribution >= 0.6 is 0 Å². The molecular weight excluding hydrogens is 223 g/mol. The molecule has 6 heteroatoms. The normalized spacial score (nSPS) is 11.0. The molecule has 0 saturated heterocycles. The lowest BCUT2D eigenvalue weighted by Crippen LogP contribution is -2.15. The maximum atomic E-state index is 13.6. The molecule has 0 unspecified atom stereocenters.